The summed E-state index contributed by atoms with van der Waals surface area (Å²) in [5.41, 5.74) is 0.847. The summed E-state index contributed by atoms with van der Waals surface area (Å²) in [5, 5.41) is 2.41. The third-order valence-corrected chi connectivity index (χ3v) is 5.16. The van der Waals surface area contributed by atoms with E-state index in [1.165, 1.54) is 11.8 Å². The number of rotatable bonds is 3. The molecule has 0 aliphatic rings. The van der Waals surface area contributed by atoms with Crippen LogP contribution in [0.2, 0.25) is 0 Å². The fraction of sp³-hybridized carbons (Fsp3) is 0.263. The normalized spacial score (nSPS) is 12.0. The van der Waals surface area contributed by atoms with Crippen LogP contribution >= 0.6 is 23.1 Å². The van der Waals surface area contributed by atoms with Crippen molar-refractivity contribution < 1.29 is 0 Å². The van der Waals surface area contributed by atoms with Gasteiger partial charge in [-0.25, -0.2) is 4.98 Å². The van der Waals surface area contributed by atoms with E-state index in [9.17, 15) is 4.79 Å². The second-order valence-corrected chi connectivity index (χ2v) is 6.54. The highest BCUT2D eigenvalue weighted by molar-refractivity contribution is 7.98. The number of fused-ring (bicyclic) bond motifs is 3. The number of benzene rings is 1. The molecule has 0 saturated heterocycles. The minimum Gasteiger partial charge on any atom is -0.268 e. The van der Waals surface area contributed by atoms with E-state index in [0.29, 0.717) is 5.39 Å². The van der Waals surface area contributed by atoms with Gasteiger partial charge in [-0.15, -0.1) is 11.3 Å². The minimum absolute atomic E-state index is 0.00185. The molecule has 0 saturated carbocycles. The van der Waals surface area contributed by atoms with E-state index in [-0.39, 0.29) is 5.56 Å². The molecule has 3 aromatic rings. The molecule has 2 heterocycles. The van der Waals surface area contributed by atoms with Crippen molar-refractivity contribution in [3.63, 3.8) is 0 Å². The molecule has 5 heteroatoms. The summed E-state index contributed by atoms with van der Waals surface area (Å²) in [7, 11) is 0. The third kappa shape index (κ3) is 3.19. The summed E-state index contributed by atoms with van der Waals surface area (Å²) in [6.07, 6.45) is 7.74. The van der Waals surface area contributed by atoms with Crippen molar-refractivity contribution in [3.05, 3.63) is 52.8 Å². The molecule has 126 valence electrons. The van der Waals surface area contributed by atoms with Crippen molar-refractivity contribution in [1.82, 2.24) is 9.55 Å². The van der Waals surface area contributed by atoms with E-state index in [2.05, 4.69) is 0 Å². The maximum Gasteiger partial charge on any atom is 0.268 e. The van der Waals surface area contributed by atoms with E-state index in [4.69, 9.17) is 4.98 Å². The number of hydrogen-bond acceptors (Lipinski definition) is 4. The van der Waals surface area contributed by atoms with Crippen molar-refractivity contribution in [1.29, 1.82) is 0 Å². The highest BCUT2D eigenvalue weighted by Gasteiger charge is 2.16. The Balaban J connectivity index is 0.00000100. The lowest BCUT2D eigenvalue weighted by atomic mass is 10.2. The Bertz CT molecular complexity index is 965. The molecule has 0 aliphatic carbocycles. The van der Waals surface area contributed by atoms with Gasteiger partial charge in [-0.2, -0.15) is 0 Å². The first-order chi connectivity index (χ1) is 11.7. The van der Waals surface area contributed by atoms with Gasteiger partial charge in [0.15, 0.2) is 5.16 Å². The number of aromatic nitrogens is 2. The summed E-state index contributed by atoms with van der Waals surface area (Å²) >= 11 is 3.06. The summed E-state index contributed by atoms with van der Waals surface area (Å²) in [5.74, 6) is 0. The van der Waals surface area contributed by atoms with Crippen LogP contribution in [0.5, 0.6) is 0 Å². The average molecular weight is 359 g/mol. The second-order valence-electron chi connectivity index (χ2n) is 4.73. The van der Waals surface area contributed by atoms with E-state index in [1.54, 1.807) is 15.9 Å². The van der Waals surface area contributed by atoms with Crippen LogP contribution in [0.25, 0.3) is 26.0 Å². The molecule has 3 rings (SSSR count). The lowest BCUT2D eigenvalue weighted by molar-refractivity contribution is 0.847. The minimum atomic E-state index is -0.00185. The molecule has 2 aromatic heterocycles. The van der Waals surface area contributed by atoms with E-state index >= 15 is 0 Å². The number of hydrogen-bond donors (Lipinski definition) is 0. The molecule has 0 N–H and O–H groups in total. The Morgan fingerprint density at radius 1 is 1.25 bits per heavy atom. The second kappa shape index (κ2) is 8.31. The zero-order valence-corrected chi connectivity index (χ0v) is 16.3. The summed E-state index contributed by atoms with van der Waals surface area (Å²) < 4.78 is 2.80. The van der Waals surface area contributed by atoms with Gasteiger partial charge in [0.1, 0.15) is 4.83 Å². The predicted molar refractivity (Wildman–Crippen MR) is 109 cm³/mol. The Morgan fingerprint density at radius 3 is 2.58 bits per heavy atom. The summed E-state index contributed by atoms with van der Waals surface area (Å²) in [4.78, 5) is 18.6. The van der Waals surface area contributed by atoms with Crippen molar-refractivity contribution in [2.24, 2.45) is 0 Å². The standard InChI is InChI=1S/C17H16N2OS2.C2H6/c1-4-8-11(5-2)19-16(20)14-12-9-6-7-10-13(12)22-15(14)18-17(19)21-3;1-2/h4-10H,1-3H3;1-2H3/b8-4-,11-5+;. The molecule has 0 atom stereocenters. The van der Waals surface area contributed by atoms with Crippen LogP contribution in [0.4, 0.5) is 0 Å². The highest BCUT2D eigenvalue weighted by atomic mass is 32.2. The molecule has 0 aliphatic heterocycles. The van der Waals surface area contributed by atoms with Crippen LogP contribution in [-0.4, -0.2) is 15.8 Å². The molecule has 0 radical (unpaired) electrons. The molecule has 24 heavy (non-hydrogen) atoms. The molecular weight excluding hydrogens is 336 g/mol. The van der Waals surface area contributed by atoms with Crippen molar-refractivity contribution in [2.45, 2.75) is 32.9 Å². The Kier molecular flexibility index (Phi) is 6.40. The topological polar surface area (TPSA) is 34.9 Å². The molecule has 0 bridgehead atoms. The van der Waals surface area contributed by atoms with Gasteiger partial charge in [0.25, 0.3) is 5.56 Å². The Hall–Kier alpha value is -1.85. The van der Waals surface area contributed by atoms with E-state index in [0.717, 1.165) is 25.8 Å². The van der Waals surface area contributed by atoms with E-state index in [1.807, 2.05) is 76.4 Å². The maximum absolute atomic E-state index is 13.1. The predicted octanol–water partition coefficient (Wildman–Crippen LogP) is 5.80. The van der Waals surface area contributed by atoms with Crippen molar-refractivity contribution >= 4 is 49.1 Å². The molecule has 0 amide bonds. The van der Waals surface area contributed by atoms with Crippen LogP contribution in [0, 0.1) is 0 Å². The van der Waals surface area contributed by atoms with Crippen LogP contribution < -0.4 is 5.56 Å². The summed E-state index contributed by atoms with van der Waals surface area (Å²) in [6, 6.07) is 7.98. The first kappa shape index (κ1) is 18.5. The fourth-order valence-corrected chi connectivity index (χ4v) is 4.17. The largest absolute Gasteiger partial charge is 0.268 e. The number of thioether (sulfide) groups is 1. The van der Waals surface area contributed by atoms with Crippen LogP contribution in [-0.2, 0) is 0 Å². The van der Waals surface area contributed by atoms with Gasteiger partial charge in [-0.1, -0.05) is 56.0 Å². The van der Waals surface area contributed by atoms with Crippen molar-refractivity contribution in [3.8, 4) is 0 Å². The van der Waals surface area contributed by atoms with Gasteiger partial charge in [0.05, 0.1) is 5.39 Å². The highest BCUT2D eigenvalue weighted by Crippen LogP contribution is 2.32. The quantitative estimate of drug-likeness (QED) is 0.337. The van der Waals surface area contributed by atoms with Gasteiger partial charge < -0.3 is 0 Å². The molecule has 0 unspecified atom stereocenters. The van der Waals surface area contributed by atoms with Gasteiger partial charge in [0, 0.05) is 15.8 Å². The molecule has 3 nitrogen and oxygen atoms in total. The smallest absolute Gasteiger partial charge is 0.268 e. The maximum atomic E-state index is 13.1. The SMILES string of the molecule is C/C=C\C(=C/C)n1c(SC)nc2sc3ccccc3c2c1=O.CC. The zero-order chi connectivity index (χ0) is 17.7. The van der Waals surface area contributed by atoms with Crippen LogP contribution in [0.1, 0.15) is 27.7 Å². The lowest BCUT2D eigenvalue weighted by Gasteiger charge is -2.11. The van der Waals surface area contributed by atoms with Crippen LogP contribution in [0.15, 0.2) is 52.4 Å². The first-order valence-corrected chi connectivity index (χ1v) is 10.0. The van der Waals surface area contributed by atoms with Crippen LogP contribution in [0.3, 0.4) is 0 Å². The Labute approximate surface area is 150 Å². The number of nitrogens with zero attached hydrogens (tertiary/aromatic N) is 2. The average Bonchev–Trinajstić information content (AvgIpc) is 3.00. The molecule has 1 aromatic carbocycles. The van der Waals surface area contributed by atoms with Gasteiger partial charge in [-0.05, 0) is 32.2 Å². The number of allylic oxidation sites excluding steroid dienone is 4. The zero-order valence-electron chi connectivity index (χ0n) is 14.7. The Morgan fingerprint density at radius 2 is 1.96 bits per heavy atom. The third-order valence-electron chi connectivity index (χ3n) is 3.46. The van der Waals surface area contributed by atoms with Gasteiger partial charge >= 0.3 is 0 Å². The summed E-state index contributed by atoms with van der Waals surface area (Å²) in [6.45, 7) is 7.88. The first-order valence-electron chi connectivity index (χ1n) is 7.99. The monoisotopic (exact) mass is 358 g/mol. The van der Waals surface area contributed by atoms with Crippen molar-refractivity contribution in [2.75, 3.05) is 6.26 Å². The molecule has 0 spiro atoms. The lowest BCUT2D eigenvalue weighted by Crippen LogP contribution is -2.21. The fourth-order valence-electron chi connectivity index (χ4n) is 2.49. The van der Waals surface area contributed by atoms with Gasteiger partial charge in [0.2, 0.25) is 0 Å². The van der Waals surface area contributed by atoms with Gasteiger partial charge in [-0.3, -0.25) is 9.36 Å². The molecule has 0 fully saturated rings. The van der Waals surface area contributed by atoms with E-state index < -0.39 is 0 Å². The number of thiophene rings is 1. The molecular formula is C19H22N2OS2.